The number of ether oxygens (including phenoxy) is 1. The van der Waals surface area contributed by atoms with E-state index in [-0.39, 0.29) is 24.7 Å². The van der Waals surface area contributed by atoms with E-state index in [0.29, 0.717) is 23.6 Å². The molecule has 2 N–H and O–H groups in total. The summed E-state index contributed by atoms with van der Waals surface area (Å²) >= 11 is 1.60. The molecule has 1 aromatic heterocycles. The Kier molecular flexibility index (Phi) is 6.92. The van der Waals surface area contributed by atoms with Crippen molar-refractivity contribution in [1.29, 1.82) is 0 Å². The molecule has 2 saturated heterocycles. The second-order valence-corrected chi connectivity index (χ2v) is 10.1. The smallest absolute Gasteiger partial charge is 0.254 e. The summed E-state index contributed by atoms with van der Waals surface area (Å²) in [6.45, 7) is 6.37. The third kappa shape index (κ3) is 6.25. The molecule has 0 aliphatic carbocycles. The van der Waals surface area contributed by atoms with Crippen LogP contribution in [0.5, 0.6) is 5.75 Å². The van der Waals surface area contributed by atoms with Crippen molar-refractivity contribution in [3.05, 3.63) is 51.2 Å². The van der Waals surface area contributed by atoms with Gasteiger partial charge in [-0.1, -0.05) is 6.07 Å². The first-order chi connectivity index (χ1) is 15.7. The van der Waals surface area contributed by atoms with E-state index in [1.807, 2.05) is 19.2 Å². The summed E-state index contributed by atoms with van der Waals surface area (Å²) in [6, 6.07) is 4.45. The number of amides is 2. The summed E-state index contributed by atoms with van der Waals surface area (Å²) in [6.07, 6.45) is 3.51. The SMILES string of the molecule is CC(C)(O)CN1CCC(c2nc(COc3ccc(/C=C4\CC(=O)NC4=O)cc3F)cs2)CC1. The maximum atomic E-state index is 14.5. The highest BCUT2D eigenvalue weighted by atomic mass is 32.1. The molecule has 176 valence electrons. The van der Waals surface area contributed by atoms with Crippen LogP contribution in [-0.4, -0.2) is 52.0 Å². The number of nitrogens with zero attached hydrogens (tertiary/aromatic N) is 2. The Bertz CT molecular complexity index is 1070. The van der Waals surface area contributed by atoms with Gasteiger partial charge in [-0.25, -0.2) is 9.37 Å². The average Bonchev–Trinajstić information content (AvgIpc) is 3.33. The van der Waals surface area contributed by atoms with Gasteiger partial charge in [-0.3, -0.25) is 14.9 Å². The summed E-state index contributed by atoms with van der Waals surface area (Å²) in [4.78, 5) is 29.9. The van der Waals surface area contributed by atoms with E-state index >= 15 is 0 Å². The van der Waals surface area contributed by atoms with Gasteiger partial charge in [0.25, 0.3) is 5.91 Å². The average molecular weight is 474 g/mol. The van der Waals surface area contributed by atoms with E-state index in [4.69, 9.17) is 9.72 Å². The van der Waals surface area contributed by atoms with Crippen molar-refractivity contribution in [2.75, 3.05) is 19.6 Å². The Morgan fingerprint density at radius 2 is 2.09 bits per heavy atom. The number of hydrogen-bond acceptors (Lipinski definition) is 7. The lowest BCUT2D eigenvalue weighted by Crippen LogP contribution is -2.42. The standard InChI is InChI=1S/C24H28FN3O4S/c1-24(2,31)14-28-7-5-16(6-8-28)23-26-18(13-33-23)12-32-20-4-3-15(10-19(20)25)9-17-11-21(29)27-22(17)30/h3-4,9-10,13,16,31H,5-8,11-12,14H2,1-2H3,(H,27,29,30)/b17-9+. The fourth-order valence-corrected chi connectivity index (χ4v) is 5.14. The van der Waals surface area contributed by atoms with Crippen LogP contribution >= 0.6 is 11.3 Å². The summed E-state index contributed by atoms with van der Waals surface area (Å²) in [5, 5.41) is 15.2. The first-order valence-corrected chi connectivity index (χ1v) is 11.9. The van der Waals surface area contributed by atoms with E-state index in [2.05, 4.69) is 10.2 Å². The number of aromatic nitrogens is 1. The molecule has 2 aliphatic rings. The number of benzene rings is 1. The number of thiazole rings is 1. The predicted octanol–water partition coefficient (Wildman–Crippen LogP) is 3.24. The second-order valence-electron chi connectivity index (χ2n) is 9.24. The molecule has 33 heavy (non-hydrogen) atoms. The Morgan fingerprint density at radius 1 is 1.33 bits per heavy atom. The maximum absolute atomic E-state index is 14.5. The van der Waals surface area contributed by atoms with Crippen LogP contribution < -0.4 is 10.1 Å². The van der Waals surface area contributed by atoms with Crippen LogP contribution in [-0.2, 0) is 16.2 Å². The number of imide groups is 1. The predicted molar refractivity (Wildman–Crippen MR) is 123 cm³/mol. The zero-order valence-electron chi connectivity index (χ0n) is 18.8. The highest BCUT2D eigenvalue weighted by Crippen LogP contribution is 2.31. The van der Waals surface area contributed by atoms with Crippen LogP contribution in [0.25, 0.3) is 6.08 Å². The largest absolute Gasteiger partial charge is 0.484 e. The quantitative estimate of drug-likeness (QED) is 0.474. The molecule has 0 saturated carbocycles. The van der Waals surface area contributed by atoms with Crippen LogP contribution in [0.3, 0.4) is 0 Å². The van der Waals surface area contributed by atoms with Gasteiger partial charge in [0, 0.05) is 23.4 Å². The fraction of sp³-hybridized carbons (Fsp3) is 0.458. The van der Waals surface area contributed by atoms with E-state index in [1.54, 1.807) is 17.4 Å². The molecule has 2 aliphatic heterocycles. The van der Waals surface area contributed by atoms with E-state index in [1.165, 1.54) is 18.2 Å². The first kappa shape index (κ1) is 23.5. The molecule has 0 bridgehead atoms. The molecule has 0 unspecified atom stereocenters. The number of rotatable bonds is 7. The van der Waals surface area contributed by atoms with Gasteiger partial charge in [-0.2, -0.15) is 0 Å². The van der Waals surface area contributed by atoms with Crippen LogP contribution in [0.1, 0.15) is 55.3 Å². The number of piperidine rings is 1. The van der Waals surface area contributed by atoms with Crippen LogP contribution in [0, 0.1) is 5.82 Å². The molecule has 4 rings (SSSR count). The zero-order valence-corrected chi connectivity index (χ0v) is 19.6. The minimum Gasteiger partial charge on any atom is -0.484 e. The number of β-amino-alcohol motifs (C(OH)–C–C–N with tert-alkyl or cyclic N) is 1. The lowest BCUT2D eigenvalue weighted by Gasteiger charge is -2.34. The maximum Gasteiger partial charge on any atom is 0.254 e. The van der Waals surface area contributed by atoms with Gasteiger partial charge in [0.2, 0.25) is 5.91 Å². The van der Waals surface area contributed by atoms with Gasteiger partial charge in [0.1, 0.15) is 6.61 Å². The topological polar surface area (TPSA) is 91.8 Å². The number of likely N-dealkylation sites (tertiary alicyclic amines) is 1. The second kappa shape index (κ2) is 9.70. The van der Waals surface area contributed by atoms with Gasteiger partial charge >= 0.3 is 0 Å². The van der Waals surface area contributed by atoms with Gasteiger partial charge < -0.3 is 14.7 Å². The van der Waals surface area contributed by atoms with Gasteiger partial charge in [-0.15, -0.1) is 11.3 Å². The van der Waals surface area contributed by atoms with E-state index in [9.17, 15) is 19.1 Å². The summed E-state index contributed by atoms with van der Waals surface area (Å²) < 4.78 is 20.1. The molecular formula is C24H28FN3O4S. The molecule has 1 aromatic carbocycles. The Balaban J connectivity index is 1.31. The molecule has 7 nitrogen and oxygen atoms in total. The van der Waals surface area contributed by atoms with Crippen molar-refractivity contribution in [2.24, 2.45) is 0 Å². The van der Waals surface area contributed by atoms with Crippen LogP contribution in [0.15, 0.2) is 29.2 Å². The van der Waals surface area contributed by atoms with Gasteiger partial charge in [0.15, 0.2) is 11.6 Å². The minimum atomic E-state index is -0.687. The summed E-state index contributed by atoms with van der Waals surface area (Å²) in [5.41, 5.74) is 0.883. The van der Waals surface area contributed by atoms with Crippen molar-refractivity contribution < 1.29 is 23.8 Å². The molecule has 0 atom stereocenters. The summed E-state index contributed by atoms with van der Waals surface area (Å²) in [5.74, 6) is -0.829. The molecular weight excluding hydrogens is 445 g/mol. The molecule has 0 spiro atoms. The van der Waals surface area contributed by atoms with Gasteiger partial charge in [0.05, 0.1) is 22.7 Å². The van der Waals surface area contributed by atoms with Gasteiger partial charge in [-0.05, 0) is 63.6 Å². The van der Waals surface area contributed by atoms with Crippen molar-refractivity contribution >= 4 is 29.2 Å². The fourth-order valence-electron chi connectivity index (χ4n) is 4.16. The Morgan fingerprint density at radius 3 is 2.73 bits per heavy atom. The number of carbonyl (C=O) groups excluding carboxylic acids is 2. The molecule has 2 fully saturated rings. The summed E-state index contributed by atoms with van der Waals surface area (Å²) in [7, 11) is 0. The number of carbonyl (C=O) groups is 2. The number of halogens is 1. The third-order valence-corrected chi connectivity index (χ3v) is 6.74. The van der Waals surface area contributed by atoms with Crippen molar-refractivity contribution in [3.8, 4) is 5.75 Å². The van der Waals surface area contributed by atoms with Crippen LogP contribution in [0.4, 0.5) is 4.39 Å². The van der Waals surface area contributed by atoms with E-state index < -0.39 is 17.3 Å². The van der Waals surface area contributed by atoms with Crippen molar-refractivity contribution in [3.63, 3.8) is 0 Å². The molecule has 0 radical (unpaired) electrons. The third-order valence-electron chi connectivity index (χ3n) is 5.68. The first-order valence-electron chi connectivity index (χ1n) is 11.0. The monoisotopic (exact) mass is 473 g/mol. The Hall–Kier alpha value is -2.62. The Labute approximate surface area is 196 Å². The van der Waals surface area contributed by atoms with Crippen molar-refractivity contribution in [2.45, 2.75) is 51.2 Å². The highest BCUT2D eigenvalue weighted by Gasteiger charge is 2.26. The number of nitrogens with one attached hydrogen (secondary N) is 1. The molecule has 3 heterocycles. The molecule has 9 heteroatoms. The normalized spacial score (nSPS) is 19.3. The lowest BCUT2D eigenvalue weighted by molar-refractivity contribution is -0.124. The zero-order chi connectivity index (χ0) is 23.6. The van der Waals surface area contributed by atoms with E-state index in [0.717, 1.165) is 36.6 Å². The number of aliphatic hydroxyl groups is 1. The minimum absolute atomic E-state index is 0.00328. The lowest BCUT2D eigenvalue weighted by atomic mass is 9.96. The highest BCUT2D eigenvalue weighted by molar-refractivity contribution is 7.09. The molecule has 2 amide bonds. The van der Waals surface area contributed by atoms with Crippen molar-refractivity contribution in [1.82, 2.24) is 15.2 Å². The van der Waals surface area contributed by atoms with Crippen LogP contribution in [0.2, 0.25) is 0 Å². The number of hydrogen-bond donors (Lipinski definition) is 2. The molecule has 2 aromatic rings.